The maximum atomic E-state index is 12.8. The number of ether oxygens (including phenoxy) is 2. The largest absolute Gasteiger partial charge is 0.497 e. The lowest BCUT2D eigenvalue weighted by Crippen LogP contribution is -2.16. The summed E-state index contributed by atoms with van der Waals surface area (Å²) in [7, 11) is -1.13. The number of hydrogen-bond acceptors (Lipinski definition) is 5. The Morgan fingerprint density at radius 1 is 1.04 bits per heavy atom. The second-order valence-electron chi connectivity index (χ2n) is 4.99. The van der Waals surface area contributed by atoms with Gasteiger partial charge in [0.25, 0.3) is 10.0 Å². The number of carbonyl (C=O) groups is 1. The van der Waals surface area contributed by atoms with Crippen LogP contribution in [0.3, 0.4) is 0 Å². The normalized spacial score (nSPS) is 10.9. The zero-order valence-electron chi connectivity index (χ0n) is 13.8. The Balaban J connectivity index is 2.50. The number of sulfonamides is 1. The molecule has 0 atom stereocenters. The predicted octanol–water partition coefficient (Wildman–Crippen LogP) is 3.23. The van der Waals surface area contributed by atoms with Crippen LogP contribution >= 0.6 is 15.9 Å². The number of halogens is 1. The standard InChI is InChI=1S/C16H17BrN2O5S/c1-10(20)18-13-6-5-12(23-2)9-14(13)19-25(21,22)16-8-11(17)4-7-15(16)24-3/h4-9,19H,1-3H3,(H,18,20). The average Bonchev–Trinajstić information content (AvgIpc) is 2.55. The monoisotopic (exact) mass is 428 g/mol. The summed E-state index contributed by atoms with van der Waals surface area (Å²) >= 11 is 3.25. The van der Waals surface area contributed by atoms with Crippen molar-refractivity contribution in [2.75, 3.05) is 24.3 Å². The molecule has 0 unspecified atom stereocenters. The molecule has 0 aliphatic rings. The summed E-state index contributed by atoms with van der Waals surface area (Å²) in [6, 6.07) is 9.29. The summed E-state index contributed by atoms with van der Waals surface area (Å²) in [5, 5.41) is 2.58. The van der Waals surface area contributed by atoms with Crippen molar-refractivity contribution in [1.82, 2.24) is 0 Å². The highest BCUT2D eigenvalue weighted by molar-refractivity contribution is 9.10. The molecular formula is C16H17BrN2O5S. The van der Waals surface area contributed by atoms with Crippen molar-refractivity contribution < 1.29 is 22.7 Å². The van der Waals surface area contributed by atoms with Gasteiger partial charge in [-0.1, -0.05) is 15.9 Å². The van der Waals surface area contributed by atoms with Gasteiger partial charge in [0.2, 0.25) is 5.91 Å². The van der Waals surface area contributed by atoms with Crippen LogP contribution in [0.25, 0.3) is 0 Å². The molecule has 2 aromatic rings. The number of anilines is 2. The van der Waals surface area contributed by atoms with E-state index in [0.717, 1.165) is 0 Å². The maximum Gasteiger partial charge on any atom is 0.265 e. The Hall–Kier alpha value is -2.26. The molecule has 25 heavy (non-hydrogen) atoms. The van der Waals surface area contributed by atoms with Gasteiger partial charge in [-0.15, -0.1) is 0 Å². The fourth-order valence-electron chi connectivity index (χ4n) is 2.09. The number of carbonyl (C=O) groups excluding carboxylic acids is 1. The summed E-state index contributed by atoms with van der Waals surface area (Å²) in [4.78, 5) is 11.3. The summed E-state index contributed by atoms with van der Waals surface area (Å²) in [6.07, 6.45) is 0. The van der Waals surface area contributed by atoms with Crippen LogP contribution in [0.4, 0.5) is 11.4 Å². The highest BCUT2D eigenvalue weighted by Crippen LogP contribution is 2.32. The number of benzene rings is 2. The second-order valence-corrected chi connectivity index (χ2v) is 7.56. The van der Waals surface area contributed by atoms with Gasteiger partial charge in [0.15, 0.2) is 0 Å². The summed E-state index contributed by atoms with van der Waals surface area (Å²) in [5.74, 6) is 0.304. The third kappa shape index (κ3) is 4.64. The van der Waals surface area contributed by atoms with Gasteiger partial charge in [-0.2, -0.15) is 0 Å². The van der Waals surface area contributed by atoms with Gasteiger partial charge < -0.3 is 14.8 Å². The molecule has 134 valence electrons. The minimum atomic E-state index is -3.97. The van der Waals surface area contributed by atoms with Crippen molar-refractivity contribution >= 4 is 43.2 Å². The van der Waals surface area contributed by atoms with E-state index in [2.05, 4.69) is 26.0 Å². The van der Waals surface area contributed by atoms with E-state index in [1.165, 1.54) is 33.3 Å². The Bertz CT molecular complexity index is 899. The molecule has 0 aliphatic carbocycles. The quantitative estimate of drug-likeness (QED) is 0.736. The average molecular weight is 429 g/mol. The van der Waals surface area contributed by atoms with Gasteiger partial charge in [-0.3, -0.25) is 9.52 Å². The molecule has 0 saturated heterocycles. The fourth-order valence-corrected chi connectivity index (χ4v) is 3.87. The van der Waals surface area contributed by atoms with Crippen LogP contribution in [0, 0.1) is 0 Å². The van der Waals surface area contributed by atoms with E-state index in [0.29, 0.717) is 15.9 Å². The zero-order valence-corrected chi connectivity index (χ0v) is 16.2. The minimum Gasteiger partial charge on any atom is -0.497 e. The van der Waals surface area contributed by atoms with Crippen LogP contribution in [0.15, 0.2) is 45.8 Å². The van der Waals surface area contributed by atoms with Crippen LogP contribution < -0.4 is 19.5 Å². The van der Waals surface area contributed by atoms with Gasteiger partial charge in [-0.25, -0.2) is 8.42 Å². The van der Waals surface area contributed by atoms with Crippen LogP contribution in [0.1, 0.15) is 6.92 Å². The number of hydrogen-bond donors (Lipinski definition) is 2. The number of amides is 1. The number of nitrogens with one attached hydrogen (secondary N) is 2. The molecule has 0 aliphatic heterocycles. The van der Waals surface area contributed by atoms with Crippen LogP contribution in [0.2, 0.25) is 0 Å². The number of rotatable bonds is 6. The van der Waals surface area contributed by atoms with Crippen molar-refractivity contribution in [2.24, 2.45) is 0 Å². The third-order valence-electron chi connectivity index (χ3n) is 3.20. The van der Waals surface area contributed by atoms with Crippen LogP contribution in [-0.4, -0.2) is 28.5 Å². The fraction of sp³-hybridized carbons (Fsp3) is 0.188. The Morgan fingerprint density at radius 3 is 2.36 bits per heavy atom. The number of methoxy groups -OCH3 is 2. The Morgan fingerprint density at radius 2 is 1.76 bits per heavy atom. The Kier molecular flexibility index (Phi) is 5.91. The van der Waals surface area contributed by atoms with Gasteiger partial charge in [-0.05, 0) is 30.3 Å². The lowest BCUT2D eigenvalue weighted by atomic mass is 10.2. The van der Waals surface area contributed by atoms with E-state index in [1.807, 2.05) is 0 Å². The molecule has 0 spiro atoms. The van der Waals surface area contributed by atoms with Crippen molar-refractivity contribution in [3.63, 3.8) is 0 Å². The summed E-state index contributed by atoms with van der Waals surface area (Å²) in [6.45, 7) is 1.33. The molecule has 0 aromatic heterocycles. The van der Waals surface area contributed by atoms with Gasteiger partial charge >= 0.3 is 0 Å². The van der Waals surface area contributed by atoms with Crippen molar-refractivity contribution in [2.45, 2.75) is 11.8 Å². The molecular weight excluding hydrogens is 412 g/mol. The molecule has 2 N–H and O–H groups in total. The lowest BCUT2D eigenvalue weighted by Gasteiger charge is -2.16. The van der Waals surface area contributed by atoms with Crippen LogP contribution in [-0.2, 0) is 14.8 Å². The molecule has 0 fully saturated rings. The first kappa shape index (κ1) is 19.1. The van der Waals surface area contributed by atoms with Crippen molar-refractivity contribution in [1.29, 1.82) is 0 Å². The molecule has 2 aromatic carbocycles. The topological polar surface area (TPSA) is 93.7 Å². The van der Waals surface area contributed by atoms with E-state index >= 15 is 0 Å². The van der Waals surface area contributed by atoms with Crippen molar-refractivity contribution in [3.05, 3.63) is 40.9 Å². The highest BCUT2D eigenvalue weighted by atomic mass is 79.9. The summed E-state index contributed by atoms with van der Waals surface area (Å²) < 4.78 is 38.9. The van der Waals surface area contributed by atoms with E-state index in [1.54, 1.807) is 24.3 Å². The first-order valence-corrected chi connectivity index (χ1v) is 9.36. The smallest absolute Gasteiger partial charge is 0.265 e. The van der Waals surface area contributed by atoms with Crippen LogP contribution in [0.5, 0.6) is 11.5 Å². The SMILES string of the molecule is COc1ccc(NC(C)=O)c(NS(=O)(=O)c2cc(Br)ccc2OC)c1. The van der Waals surface area contributed by atoms with E-state index in [-0.39, 0.29) is 22.2 Å². The second kappa shape index (κ2) is 7.75. The molecule has 2 rings (SSSR count). The van der Waals surface area contributed by atoms with E-state index in [9.17, 15) is 13.2 Å². The minimum absolute atomic E-state index is 0.0408. The highest BCUT2D eigenvalue weighted by Gasteiger charge is 2.22. The van der Waals surface area contributed by atoms with Gasteiger partial charge in [0, 0.05) is 17.5 Å². The van der Waals surface area contributed by atoms with Gasteiger partial charge in [0.1, 0.15) is 16.4 Å². The first-order valence-electron chi connectivity index (χ1n) is 7.09. The van der Waals surface area contributed by atoms with Crippen molar-refractivity contribution in [3.8, 4) is 11.5 Å². The maximum absolute atomic E-state index is 12.8. The zero-order chi connectivity index (χ0) is 18.6. The first-order chi connectivity index (χ1) is 11.8. The van der Waals surface area contributed by atoms with Gasteiger partial charge in [0.05, 0.1) is 25.6 Å². The Labute approximate surface area is 154 Å². The molecule has 7 nitrogen and oxygen atoms in total. The molecule has 0 radical (unpaired) electrons. The molecule has 1 amide bonds. The molecule has 0 bridgehead atoms. The summed E-state index contributed by atoms with van der Waals surface area (Å²) in [5.41, 5.74) is 0.488. The molecule has 0 heterocycles. The molecule has 9 heteroatoms. The predicted molar refractivity (Wildman–Crippen MR) is 98.8 cm³/mol. The molecule has 0 saturated carbocycles. The lowest BCUT2D eigenvalue weighted by molar-refractivity contribution is -0.114. The third-order valence-corrected chi connectivity index (χ3v) is 5.08. The van der Waals surface area contributed by atoms with E-state index in [4.69, 9.17) is 9.47 Å². The van der Waals surface area contributed by atoms with E-state index < -0.39 is 10.0 Å².